The summed E-state index contributed by atoms with van der Waals surface area (Å²) in [7, 11) is 0. The zero-order valence-electron chi connectivity index (χ0n) is 12.6. The normalized spacial score (nSPS) is 10.8. The summed E-state index contributed by atoms with van der Waals surface area (Å²) in [6.45, 7) is 8.50. The summed E-state index contributed by atoms with van der Waals surface area (Å²) in [4.78, 5) is 1.38. The lowest BCUT2D eigenvalue weighted by molar-refractivity contribution is 0.726. The molecule has 0 bridgehead atoms. The van der Waals surface area contributed by atoms with Crippen molar-refractivity contribution in [2.75, 3.05) is 6.54 Å². The molecule has 2 rings (SSSR count). The largest absolute Gasteiger partial charge is 0.313 e. The van der Waals surface area contributed by atoms with Crippen molar-refractivity contribution < 1.29 is 0 Å². The first-order valence-corrected chi connectivity index (χ1v) is 8.17. The highest BCUT2D eigenvalue weighted by molar-refractivity contribution is 7.98. The first kappa shape index (κ1) is 15.1. The van der Waals surface area contributed by atoms with E-state index in [2.05, 4.69) is 68.6 Å². The highest BCUT2D eigenvalue weighted by Crippen LogP contribution is 2.27. The predicted octanol–water partition coefficient (Wildman–Crippen LogP) is 4.71. The van der Waals surface area contributed by atoms with Gasteiger partial charge < -0.3 is 5.32 Å². The van der Waals surface area contributed by atoms with Gasteiger partial charge in [-0.3, -0.25) is 0 Å². The van der Waals surface area contributed by atoms with E-state index in [1.807, 2.05) is 11.8 Å². The third-order valence-corrected chi connectivity index (χ3v) is 4.69. The molecular formula is C18H23NS. The summed E-state index contributed by atoms with van der Waals surface area (Å²) >= 11 is 1.93. The van der Waals surface area contributed by atoms with Crippen LogP contribution in [0.1, 0.15) is 29.2 Å². The van der Waals surface area contributed by atoms with Crippen LogP contribution in [0.3, 0.4) is 0 Å². The SMILES string of the molecule is CCNCc1ccc(SCc2ccccc2C)c(C)c1. The molecule has 0 saturated heterocycles. The molecule has 2 aromatic carbocycles. The maximum atomic E-state index is 3.37. The second kappa shape index (κ2) is 7.51. The van der Waals surface area contributed by atoms with Crippen LogP contribution in [0, 0.1) is 13.8 Å². The van der Waals surface area contributed by atoms with E-state index in [4.69, 9.17) is 0 Å². The molecule has 1 nitrogen and oxygen atoms in total. The Labute approximate surface area is 126 Å². The lowest BCUT2D eigenvalue weighted by Gasteiger charge is -2.10. The van der Waals surface area contributed by atoms with Crippen molar-refractivity contribution in [2.24, 2.45) is 0 Å². The Kier molecular flexibility index (Phi) is 5.69. The van der Waals surface area contributed by atoms with E-state index in [9.17, 15) is 0 Å². The third kappa shape index (κ3) is 4.12. The molecule has 1 N–H and O–H groups in total. The molecule has 0 atom stereocenters. The number of aryl methyl sites for hydroxylation is 2. The van der Waals surface area contributed by atoms with Gasteiger partial charge in [-0.1, -0.05) is 43.3 Å². The fourth-order valence-electron chi connectivity index (χ4n) is 2.18. The van der Waals surface area contributed by atoms with E-state index in [-0.39, 0.29) is 0 Å². The first-order valence-electron chi connectivity index (χ1n) is 7.18. The third-order valence-electron chi connectivity index (χ3n) is 3.46. The second-order valence-corrected chi connectivity index (χ2v) is 6.11. The first-order chi connectivity index (χ1) is 9.70. The Hall–Kier alpha value is -1.25. The van der Waals surface area contributed by atoms with E-state index < -0.39 is 0 Å². The predicted molar refractivity (Wildman–Crippen MR) is 89.3 cm³/mol. The Morgan fingerprint density at radius 2 is 1.80 bits per heavy atom. The molecule has 0 saturated carbocycles. The topological polar surface area (TPSA) is 12.0 Å². The monoisotopic (exact) mass is 285 g/mol. The van der Waals surface area contributed by atoms with Gasteiger partial charge in [0.25, 0.3) is 0 Å². The fourth-order valence-corrected chi connectivity index (χ4v) is 3.27. The second-order valence-electron chi connectivity index (χ2n) is 5.10. The van der Waals surface area contributed by atoms with Crippen molar-refractivity contribution in [3.05, 3.63) is 64.7 Å². The van der Waals surface area contributed by atoms with Crippen LogP contribution in [0.25, 0.3) is 0 Å². The highest BCUT2D eigenvalue weighted by atomic mass is 32.2. The lowest BCUT2D eigenvalue weighted by atomic mass is 10.1. The standard InChI is InChI=1S/C18H23NS/c1-4-19-12-16-9-10-18(15(3)11-16)20-13-17-8-6-5-7-14(17)2/h5-11,19H,4,12-13H2,1-3H3. The van der Waals surface area contributed by atoms with E-state index in [1.54, 1.807) is 0 Å². The van der Waals surface area contributed by atoms with Gasteiger partial charge in [-0.2, -0.15) is 0 Å². The van der Waals surface area contributed by atoms with Gasteiger partial charge in [-0.15, -0.1) is 11.8 Å². The Morgan fingerprint density at radius 1 is 1.00 bits per heavy atom. The molecule has 20 heavy (non-hydrogen) atoms. The van der Waals surface area contributed by atoms with Gasteiger partial charge in [-0.25, -0.2) is 0 Å². The number of benzene rings is 2. The van der Waals surface area contributed by atoms with Gasteiger partial charge in [0, 0.05) is 17.2 Å². The van der Waals surface area contributed by atoms with Crippen molar-refractivity contribution >= 4 is 11.8 Å². The zero-order chi connectivity index (χ0) is 14.4. The van der Waals surface area contributed by atoms with Crippen LogP contribution in [-0.4, -0.2) is 6.54 Å². The smallest absolute Gasteiger partial charge is 0.0234 e. The van der Waals surface area contributed by atoms with Gasteiger partial charge in [-0.05, 0) is 48.7 Å². The van der Waals surface area contributed by atoms with Gasteiger partial charge in [0.1, 0.15) is 0 Å². The van der Waals surface area contributed by atoms with Gasteiger partial charge in [0.15, 0.2) is 0 Å². The molecule has 106 valence electrons. The molecular weight excluding hydrogens is 262 g/mol. The maximum Gasteiger partial charge on any atom is 0.0234 e. The summed E-state index contributed by atoms with van der Waals surface area (Å²) in [5.41, 5.74) is 5.54. The van der Waals surface area contributed by atoms with Crippen molar-refractivity contribution in [1.29, 1.82) is 0 Å². The molecule has 0 heterocycles. The summed E-state index contributed by atoms with van der Waals surface area (Å²) in [5.74, 6) is 1.04. The molecule has 2 aromatic rings. The van der Waals surface area contributed by atoms with Crippen LogP contribution in [0.15, 0.2) is 47.4 Å². The molecule has 0 aliphatic rings. The molecule has 0 fully saturated rings. The Morgan fingerprint density at radius 3 is 2.50 bits per heavy atom. The Bertz CT molecular complexity index is 563. The zero-order valence-corrected chi connectivity index (χ0v) is 13.4. The van der Waals surface area contributed by atoms with Crippen LogP contribution in [0.4, 0.5) is 0 Å². The molecule has 0 radical (unpaired) electrons. The van der Waals surface area contributed by atoms with Crippen LogP contribution < -0.4 is 5.32 Å². The number of rotatable bonds is 6. The molecule has 0 spiro atoms. The number of nitrogens with one attached hydrogen (secondary N) is 1. The van der Waals surface area contributed by atoms with Gasteiger partial charge in [0.2, 0.25) is 0 Å². The minimum Gasteiger partial charge on any atom is -0.313 e. The quantitative estimate of drug-likeness (QED) is 0.772. The van der Waals surface area contributed by atoms with Crippen LogP contribution in [0.2, 0.25) is 0 Å². The van der Waals surface area contributed by atoms with Crippen LogP contribution in [-0.2, 0) is 12.3 Å². The molecule has 0 aliphatic carbocycles. The molecule has 2 heteroatoms. The fraction of sp³-hybridized carbons (Fsp3) is 0.333. The van der Waals surface area contributed by atoms with Gasteiger partial charge >= 0.3 is 0 Å². The average molecular weight is 285 g/mol. The van der Waals surface area contributed by atoms with Crippen LogP contribution >= 0.6 is 11.8 Å². The molecule has 0 aromatic heterocycles. The minimum atomic E-state index is 0.958. The lowest BCUT2D eigenvalue weighted by Crippen LogP contribution is -2.11. The summed E-state index contributed by atoms with van der Waals surface area (Å²) < 4.78 is 0. The van der Waals surface area contributed by atoms with Crippen molar-refractivity contribution in [1.82, 2.24) is 5.32 Å². The number of hydrogen-bond acceptors (Lipinski definition) is 2. The van der Waals surface area contributed by atoms with Gasteiger partial charge in [0.05, 0.1) is 0 Å². The number of thioether (sulfide) groups is 1. The molecule has 0 aliphatic heterocycles. The average Bonchev–Trinajstić information content (AvgIpc) is 2.45. The van der Waals surface area contributed by atoms with E-state index in [0.717, 1.165) is 18.8 Å². The van der Waals surface area contributed by atoms with Crippen molar-refractivity contribution in [3.63, 3.8) is 0 Å². The highest BCUT2D eigenvalue weighted by Gasteiger charge is 2.03. The van der Waals surface area contributed by atoms with Crippen LogP contribution in [0.5, 0.6) is 0 Å². The van der Waals surface area contributed by atoms with E-state index >= 15 is 0 Å². The molecule has 0 amide bonds. The summed E-state index contributed by atoms with van der Waals surface area (Å²) in [6.07, 6.45) is 0. The number of hydrogen-bond donors (Lipinski definition) is 1. The van der Waals surface area contributed by atoms with Crippen molar-refractivity contribution in [2.45, 2.75) is 38.0 Å². The Balaban J connectivity index is 2.01. The summed E-state index contributed by atoms with van der Waals surface area (Å²) in [5, 5.41) is 3.37. The van der Waals surface area contributed by atoms with E-state index in [0.29, 0.717) is 0 Å². The van der Waals surface area contributed by atoms with Crippen molar-refractivity contribution in [3.8, 4) is 0 Å². The maximum absolute atomic E-state index is 3.37. The molecule has 0 unspecified atom stereocenters. The summed E-state index contributed by atoms with van der Waals surface area (Å²) in [6, 6.07) is 15.4. The van der Waals surface area contributed by atoms with E-state index in [1.165, 1.54) is 27.1 Å². The minimum absolute atomic E-state index is 0.958.